The van der Waals surface area contributed by atoms with Gasteiger partial charge in [0.25, 0.3) is 5.91 Å². The summed E-state index contributed by atoms with van der Waals surface area (Å²) in [7, 11) is 1.56. The summed E-state index contributed by atoms with van der Waals surface area (Å²) in [6.07, 6.45) is -0.814. The van der Waals surface area contributed by atoms with E-state index < -0.39 is 12.1 Å². The number of carbonyl (C=O) groups excluding carboxylic acids is 2. The summed E-state index contributed by atoms with van der Waals surface area (Å²) < 4.78 is 10.0. The van der Waals surface area contributed by atoms with Crippen LogP contribution in [0.2, 0.25) is 0 Å². The molecule has 0 aliphatic carbocycles. The molecule has 0 spiro atoms. The van der Waals surface area contributed by atoms with E-state index in [1.165, 1.54) is 17.3 Å². The summed E-state index contributed by atoms with van der Waals surface area (Å²) >= 11 is 1.41. The van der Waals surface area contributed by atoms with Gasteiger partial charge in [-0.3, -0.25) is 9.59 Å². The van der Waals surface area contributed by atoms with Crippen molar-refractivity contribution in [1.29, 1.82) is 0 Å². The Kier molecular flexibility index (Phi) is 7.98. The number of ether oxygens (including phenoxy) is 2. The van der Waals surface area contributed by atoms with Crippen LogP contribution in [0.15, 0.2) is 29.2 Å². The van der Waals surface area contributed by atoms with E-state index in [2.05, 4.69) is 5.32 Å². The lowest BCUT2D eigenvalue weighted by Crippen LogP contribution is -2.38. The molecule has 0 saturated carbocycles. The normalized spacial score (nSPS) is 13.3. The molecule has 0 aromatic heterocycles. The number of aryl methyl sites for hydroxylation is 1. The van der Waals surface area contributed by atoms with Gasteiger partial charge in [0.05, 0.1) is 6.61 Å². The van der Waals surface area contributed by atoms with Crippen molar-refractivity contribution >= 4 is 23.6 Å². The van der Waals surface area contributed by atoms with Crippen molar-refractivity contribution in [3.63, 3.8) is 0 Å². The predicted octanol–water partition coefficient (Wildman–Crippen LogP) is 2.17. The number of hydrogen-bond donors (Lipinski definition) is 1. The van der Waals surface area contributed by atoms with Gasteiger partial charge in [0.1, 0.15) is 5.25 Å². The number of thioether (sulfide) groups is 1. The third-order valence-corrected chi connectivity index (χ3v) is 4.02. The van der Waals surface area contributed by atoms with Gasteiger partial charge >= 0.3 is 5.97 Å². The van der Waals surface area contributed by atoms with Crippen molar-refractivity contribution in [3.05, 3.63) is 29.8 Å². The minimum atomic E-state index is -0.814. The lowest BCUT2D eigenvalue weighted by molar-refractivity contribution is -0.154. The summed E-state index contributed by atoms with van der Waals surface area (Å²) in [5, 5.41) is 2.26. The Morgan fingerprint density at radius 1 is 1.23 bits per heavy atom. The van der Waals surface area contributed by atoms with E-state index in [9.17, 15) is 9.59 Å². The zero-order valence-electron chi connectivity index (χ0n) is 13.4. The van der Waals surface area contributed by atoms with E-state index in [0.29, 0.717) is 13.2 Å². The van der Waals surface area contributed by atoms with E-state index in [-0.39, 0.29) is 11.2 Å². The van der Waals surface area contributed by atoms with Gasteiger partial charge in [0, 0.05) is 18.6 Å². The zero-order valence-corrected chi connectivity index (χ0v) is 14.2. The number of rotatable bonds is 8. The highest BCUT2D eigenvalue weighted by Gasteiger charge is 2.22. The van der Waals surface area contributed by atoms with Crippen molar-refractivity contribution in [1.82, 2.24) is 5.32 Å². The maximum atomic E-state index is 12.0. The van der Waals surface area contributed by atoms with Gasteiger partial charge in [0.2, 0.25) is 0 Å². The Morgan fingerprint density at radius 2 is 1.86 bits per heavy atom. The third-order valence-electron chi connectivity index (χ3n) is 2.93. The fraction of sp³-hybridized carbons (Fsp3) is 0.500. The summed E-state index contributed by atoms with van der Waals surface area (Å²) in [5.41, 5.74) is 1.17. The van der Waals surface area contributed by atoms with E-state index in [1.54, 1.807) is 21.0 Å². The molecule has 1 amide bonds. The zero-order chi connectivity index (χ0) is 16.5. The maximum absolute atomic E-state index is 12.0. The molecule has 0 aliphatic rings. The van der Waals surface area contributed by atoms with Crippen LogP contribution in [0.25, 0.3) is 0 Å². The summed E-state index contributed by atoms with van der Waals surface area (Å²) in [5.74, 6) is -0.724. The van der Waals surface area contributed by atoms with Crippen LogP contribution in [-0.2, 0) is 19.1 Å². The molecule has 0 saturated heterocycles. The molecule has 5 nitrogen and oxygen atoms in total. The molecule has 22 heavy (non-hydrogen) atoms. The summed E-state index contributed by atoms with van der Waals surface area (Å²) in [4.78, 5) is 24.7. The number of nitrogens with one attached hydrogen (secondary N) is 1. The standard InChI is InChI=1S/C16H23NO4S/c1-11-5-7-14(8-6-11)22-13(3)16(19)21-12(2)15(18)17-9-10-20-4/h5-8,12-13H,9-10H2,1-4H3,(H,17,18)/t12-,13-/m0/s1. The summed E-state index contributed by atoms with van der Waals surface area (Å²) in [6.45, 7) is 6.15. The van der Waals surface area contributed by atoms with Crippen LogP contribution in [0, 0.1) is 6.92 Å². The molecule has 0 aliphatic heterocycles. The first-order valence-corrected chi connectivity index (χ1v) is 8.02. The Morgan fingerprint density at radius 3 is 2.45 bits per heavy atom. The number of benzene rings is 1. The van der Waals surface area contributed by atoms with Crippen molar-refractivity contribution in [2.75, 3.05) is 20.3 Å². The number of hydrogen-bond acceptors (Lipinski definition) is 5. The first-order chi connectivity index (χ1) is 10.4. The predicted molar refractivity (Wildman–Crippen MR) is 86.9 cm³/mol. The first kappa shape index (κ1) is 18.5. The average molecular weight is 325 g/mol. The molecule has 0 radical (unpaired) electrons. The summed E-state index contributed by atoms with van der Waals surface area (Å²) in [6, 6.07) is 7.91. The van der Waals surface area contributed by atoms with Crippen LogP contribution >= 0.6 is 11.8 Å². The molecule has 6 heteroatoms. The monoisotopic (exact) mass is 325 g/mol. The lowest BCUT2D eigenvalue weighted by atomic mass is 10.2. The van der Waals surface area contributed by atoms with Gasteiger partial charge < -0.3 is 14.8 Å². The Hall–Kier alpha value is -1.53. The SMILES string of the molecule is COCCNC(=O)[C@H](C)OC(=O)[C@H](C)Sc1ccc(C)cc1. The molecular weight excluding hydrogens is 302 g/mol. The molecule has 1 aromatic carbocycles. The van der Waals surface area contributed by atoms with Crippen molar-refractivity contribution in [2.45, 2.75) is 37.0 Å². The number of methoxy groups -OCH3 is 1. The van der Waals surface area contributed by atoms with E-state index in [0.717, 1.165) is 4.90 Å². The fourth-order valence-electron chi connectivity index (χ4n) is 1.61. The molecule has 122 valence electrons. The Labute approximate surface area is 135 Å². The second-order valence-electron chi connectivity index (χ2n) is 4.94. The van der Waals surface area contributed by atoms with E-state index >= 15 is 0 Å². The second kappa shape index (κ2) is 9.48. The van der Waals surface area contributed by atoms with Crippen molar-refractivity contribution in [2.24, 2.45) is 0 Å². The highest BCUT2D eigenvalue weighted by atomic mass is 32.2. The molecule has 0 unspecified atom stereocenters. The van der Waals surface area contributed by atoms with Crippen LogP contribution < -0.4 is 5.32 Å². The third kappa shape index (κ3) is 6.49. The average Bonchev–Trinajstić information content (AvgIpc) is 2.49. The molecule has 1 rings (SSSR count). The smallest absolute Gasteiger partial charge is 0.319 e. The molecule has 1 N–H and O–H groups in total. The van der Waals surface area contributed by atoms with Gasteiger partial charge in [-0.05, 0) is 32.9 Å². The number of amides is 1. The van der Waals surface area contributed by atoms with Crippen LogP contribution in [0.5, 0.6) is 0 Å². The fourth-order valence-corrected chi connectivity index (χ4v) is 2.47. The van der Waals surface area contributed by atoms with Gasteiger partial charge in [0.15, 0.2) is 6.10 Å². The topological polar surface area (TPSA) is 64.6 Å². The largest absolute Gasteiger partial charge is 0.452 e. The second-order valence-corrected chi connectivity index (χ2v) is 6.35. The van der Waals surface area contributed by atoms with Crippen molar-refractivity contribution < 1.29 is 19.1 Å². The Bertz CT molecular complexity index is 489. The van der Waals surface area contributed by atoms with Crippen LogP contribution in [0.1, 0.15) is 19.4 Å². The quantitative estimate of drug-likeness (QED) is 0.451. The van der Waals surface area contributed by atoms with Crippen LogP contribution in [0.4, 0.5) is 0 Å². The minimum absolute atomic E-state index is 0.321. The Balaban J connectivity index is 2.42. The molecule has 0 heterocycles. The minimum Gasteiger partial charge on any atom is -0.452 e. The molecular formula is C16H23NO4S. The maximum Gasteiger partial charge on any atom is 0.319 e. The molecule has 1 aromatic rings. The van der Waals surface area contributed by atoms with Gasteiger partial charge in [-0.2, -0.15) is 0 Å². The number of esters is 1. The highest BCUT2D eigenvalue weighted by Crippen LogP contribution is 2.24. The van der Waals surface area contributed by atoms with Crippen molar-refractivity contribution in [3.8, 4) is 0 Å². The van der Waals surface area contributed by atoms with Gasteiger partial charge in [-0.15, -0.1) is 11.8 Å². The molecule has 2 atom stereocenters. The first-order valence-electron chi connectivity index (χ1n) is 7.14. The van der Waals surface area contributed by atoms with E-state index in [4.69, 9.17) is 9.47 Å². The van der Waals surface area contributed by atoms with Gasteiger partial charge in [-0.25, -0.2) is 0 Å². The van der Waals surface area contributed by atoms with Crippen LogP contribution in [-0.4, -0.2) is 43.5 Å². The van der Waals surface area contributed by atoms with Gasteiger partial charge in [-0.1, -0.05) is 17.7 Å². The molecule has 0 fully saturated rings. The lowest BCUT2D eigenvalue weighted by Gasteiger charge is -2.16. The van der Waals surface area contributed by atoms with Crippen LogP contribution in [0.3, 0.4) is 0 Å². The highest BCUT2D eigenvalue weighted by molar-refractivity contribution is 8.00. The molecule has 0 bridgehead atoms. The van der Waals surface area contributed by atoms with E-state index in [1.807, 2.05) is 31.2 Å². The number of carbonyl (C=O) groups is 2.